The molecule has 2 heterocycles. The van der Waals surface area contributed by atoms with E-state index >= 15 is 0 Å². The number of nitrogens with one attached hydrogen (secondary N) is 1. The van der Waals surface area contributed by atoms with Gasteiger partial charge in [0.05, 0.1) is 5.56 Å². The molecule has 1 fully saturated rings. The summed E-state index contributed by atoms with van der Waals surface area (Å²) in [5, 5.41) is 3.25. The van der Waals surface area contributed by atoms with Crippen molar-refractivity contribution in [3.05, 3.63) is 22.6 Å². The van der Waals surface area contributed by atoms with E-state index in [1.807, 2.05) is 11.8 Å². The molecule has 1 aliphatic heterocycles. The number of furan rings is 1. The first-order valence-electron chi connectivity index (χ1n) is 4.94. The van der Waals surface area contributed by atoms with Gasteiger partial charge in [0.15, 0.2) is 4.67 Å². The molecule has 1 aliphatic rings. The first kappa shape index (κ1) is 10.7. The van der Waals surface area contributed by atoms with Gasteiger partial charge < -0.3 is 14.6 Å². The third kappa shape index (κ3) is 2.23. The number of nitrogens with zero attached hydrogens (tertiary/aromatic N) is 1. The van der Waals surface area contributed by atoms with E-state index in [2.05, 4.69) is 21.2 Å². The minimum absolute atomic E-state index is 0.0402. The monoisotopic (exact) mass is 272 g/mol. The van der Waals surface area contributed by atoms with Gasteiger partial charge >= 0.3 is 0 Å². The van der Waals surface area contributed by atoms with Crippen molar-refractivity contribution in [3.63, 3.8) is 0 Å². The summed E-state index contributed by atoms with van der Waals surface area (Å²) >= 11 is 3.19. The number of halogens is 1. The Labute approximate surface area is 96.7 Å². The third-order valence-electron chi connectivity index (χ3n) is 2.58. The Morgan fingerprint density at radius 3 is 3.13 bits per heavy atom. The summed E-state index contributed by atoms with van der Waals surface area (Å²) < 4.78 is 5.66. The highest BCUT2D eigenvalue weighted by atomic mass is 79.9. The maximum atomic E-state index is 12.0. The first-order chi connectivity index (χ1) is 7.18. The molecule has 1 N–H and O–H groups in total. The maximum absolute atomic E-state index is 12.0. The van der Waals surface area contributed by atoms with Crippen molar-refractivity contribution >= 4 is 21.8 Å². The second kappa shape index (κ2) is 4.37. The van der Waals surface area contributed by atoms with Crippen LogP contribution in [0.15, 0.2) is 21.4 Å². The fraction of sp³-hybridized carbons (Fsp3) is 0.500. The predicted molar refractivity (Wildman–Crippen MR) is 59.8 cm³/mol. The molecular weight excluding hydrogens is 260 g/mol. The van der Waals surface area contributed by atoms with Crippen molar-refractivity contribution in [2.45, 2.75) is 13.0 Å². The highest BCUT2D eigenvalue weighted by Crippen LogP contribution is 2.17. The molecule has 0 aromatic carbocycles. The van der Waals surface area contributed by atoms with Crippen molar-refractivity contribution in [3.8, 4) is 0 Å². The average molecular weight is 273 g/mol. The minimum Gasteiger partial charge on any atom is -0.457 e. The molecule has 4 nitrogen and oxygen atoms in total. The summed E-state index contributed by atoms with van der Waals surface area (Å²) in [4.78, 5) is 13.9. The van der Waals surface area contributed by atoms with Crippen molar-refractivity contribution in [2.75, 3.05) is 19.6 Å². The molecule has 0 bridgehead atoms. The molecule has 5 heteroatoms. The van der Waals surface area contributed by atoms with E-state index in [0.29, 0.717) is 10.2 Å². The van der Waals surface area contributed by atoms with Gasteiger partial charge in [-0.1, -0.05) is 0 Å². The lowest BCUT2D eigenvalue weighted by atomic mass is 10.2. The van der Waals surface area contributed by atoms with Crippen LogP contribution < -0.4 is 5.32 Å². The SMILES string of the molecule is C[C@H]1CNCCN1C(=O)c1coc(Br)c1. The Hall–Kier alpha value is -0.810. The normalized spacial score (nSPS) is 21.7. The summed E-state index contributed by atoms with van der Waals surface area (Å²) in [6.45, 7) is 4.50. The molecule has 15 heavy (non-hydrogen) atoms. The number of hydrogen-bond acceptors (Lipinski definition) is 3. The molecule has 0 radical (unpaired) electrons. The second-order valence-corrected chi connectivity index (χ2v) is 4.47. The zero-order valence-corrected chi connectivity index (χ0v) is 10.1. The Kier molecular flexibility index (Phi) is 3.11. The second-order valence-electron chi connectivity index (χ2n) is 3.69. The molecule has 1 aromatic rings. The van der Waals surface area contributed by atoms with E-state index in [-0.39, 0.29) is 11.9 Å². The number of hydrogen-bond donors (Lipinski definition) is 1. The number of carbonyl (C=O) groups excluding carboxylic acids is 1. The molecule has 1 amide bonds. The molecule has 1 aromatic heterocycles. The van der Waals surface area contributed by atoms with Crippen LogP contribution in [0.25, 0.3) is 0 Å². The molecule has 0 saturated carbocycles. The van der Waals surface area contributed by atoms with Crippen LogP contribution in [0.5, 0.6) is 0 Å². The minimum atomic E-state index is 0.0402. The lowest BCUT2D eigenvalue weighted by Gasteiger charge is -2.33. The van der Waals surface area contributed by atoms with E-state index in [1.165, 1.54) is 6.26 Å². The van der Waals surface area contributed by atoms with Crippen molar-refractivity contribution in [2.24, 2.45) is 0 Å². The smallest absolute Gasteiger partial charge is 0.257 e. The Balaban J connectivity index is 2.13. The summed E-state index contributed by atoms with van der Waals surface area (Å²) in [5.74, 6) is 0.0402. The zero-order chi connectivity index (χ0) is 10.8. The number of piperazine rings is 1. The quantitative estimate of drug-likeness (QED) is 0.843. The van der Waals surface area contributed by atoms with Gasteiger partial charge in [-0.3, -0.25) is 4.79 Å². The van der Waals surface area contributed by atoms with Gasteiger partial charge in [-0.25, -0.2) is 0 Å². The van der Waals surface area contributed by atoms with E-state index in [9.17, 15) is 4.79 Å². The van der Waals surface area contributed by atoms with Gasteiger partial charge in [-0.05, 0) is 22.9 Å². The van der Waals surface area contributed by atoms with E-state index in [4.69, 9.17) is 4.42 Å². The lowest BCUT2D eigenvalue weighted by Crippen LogP contribution is -2.52. The van der Waals surface area contributed by atoms with E-state index in [0.717, 1.165) is 19.6 Å². The number of carbonyl (C=O) groups is 1. The average Bonchev–Trinajstić information content (AvgIpc) is 2.65. The molecule has 0 aliphatic carbocycles. The van der Waals surface area contributed by atoms with Crippen LogP contribution in [0.1, 0.15) is 17.3 Å². The molecule has 0 unspecified atom stereocenters. The first-order valence-corrected chi connectivity index (χ1v) is 5.73. The van der Waals surface area contributed by atoms with Crippen LogP contribution in [0.3, 0.4) is 0 Å². The van der Waals surface area contributed by atoms with E-state index in [1.54, 1.807) is 6.07 Å². The standard InChI is InChI=1S/C10H13BrN2O2/c1-7-5-12-2-3-13(7)10(14)8-4-9(11)15-6-8/h4,6-7,12H,2-3,5H2,1H3/t7-/m0/s1. The van der Waals surface area contributed by atoms with Crippen LogP contribution in [0.2, 0.25) is 0 Å². The van der Waals surface area contributed by atoms with Crippen LogP contribution in [-0.4, -0.2) is 36.5 Å². The van der Waals surface area contributed by atoms with Gasteiger partial charge in [0.25, 0.3) is 5.91 Å². The molecular formula is C10H13BrN2O2. The van der Waals surface area contributed by atoms with Crippen LogP contribution in [0.4, 0.5) is 0 Å². The fourth-order valence-electron chi connectivity index (χ4n) is 1.73. The summed E-state index contributed by atoms with van der Waals surface area (Å²) in [5.41, 5.74) is 0.607. The molecule has 1 atom stereocenters. The van der Waals surface area contributed by atoms with Gasteiger partial charge in [-0.15, -0.1) is 0 Å². The lowest BCUT2D eigenvalue weighted by molar-refractivity contribution is 0.0655. The topological polar surface area (TPSA) is 45.5 Å². The summed E-state index contributed by atoms with van der Waals surface area (Å²) in [6.07, 6.45) is 1.49. The van der Waals surface area contributed by atoms with Crippen LogP contribution in [0, 0.1) is 0 Å². The summed E-state index contributed by atoms with van der Waals surface area (Å²) in [7, 11) is 0. The zero-order valence-electron chi connectivity index (χ0n) is 8.50. The van der Waals surface area contributed by atoms with Crippen LogP contribution in [-0.2, 0) is 0 Å². The van der Waals surface area contributed by atoms with Crippen molar-refractivity contribution in [1.29, 1.82) is 0 Å². The van der Waals surface area contributed by atoms with Crippen molar-refractivity contribution < 1.29 is 9.21 Å². The number of rotatable bonds is 1. The Morgan fingerprint density at radius 2 is 2.53 bits per heavy atom. The predicted octanol–water partition coefficient (Wildman–Crippen LogP) is 1.48. The summed E-state index contributed by atoms with van der Waals surface area (Å²) in [6, 6.07) is 1.94. The van der Waals surface area contributed by atoms with Gasteiger partial charge in [-0.2, -0.15) is 0 Å². The fourth-order valence-corrected chi connectivity index (χ4v) is 2.07. The maximum Gasteiger partial charge on any atom is 0.257 e. The van der Waals surface area contributed by atoms with Gasteiger partial charge in [0, 0.05) is 31.7 Å². The molecule has 82 valence electrons. The Morgan fingerprint density at radius 1 is 1.73 bits per heavy atom. The Bertz CT molecular complexity index is 364. The van der Waals surface area contributed by atoms with Crippen LogP contribution >= 0.6 is 15.9 Å². The van der Waals surface area contributed by atoms with Gasteiger partial charge in [0.2, 0.25) is 0 Å². The molecule has 2 rings (SSSR count). The molecule has 0 spiro atoms. The van der Waals surface area contributed by atoms with Gasteiger partial charge in [0.1, 0.15) is 6.26 Å². The highest BCUT2D eigenvalue weighted by Gasteiger charge is 2.24. The van der Waals surface area contributed by atoms with E-state index < -0.39 is 0 Å². The number of amides is 1. The molecule has 1 saturated heterocycles. The van der Waals surface area contributed by atoms with Crippen molar-refractivity contribution in [1.82, 2.24) is 10.2 Å². The largest absolute Gasteiger partial charge is 0.457 e. The highest BCUT2D eigenvalue weighted by molar-refractivity contribution is 9.10. The third-order valence-corrected chi connectivity index (χ3v) is 2.99.